The molecule has 0 aromatic rings. The maximum Gasteiger partial charge on any atom is 0.137 e. The highest BCUT2D eigenvalue weighted by atomic mass is 19.1. The highest BCUT2D eigenvalue weighted by molar-refractivity contribution is 5.81. The average molecular weight is 114 g/mol. The van der Waals surface area contributed by atoms with Crippen LogP contribution in [0.15, 0.2) is 16.9 Å². The highest BCUT2D eigenvalue weighted by Crippen LogP contribution is 1.87. The zero-order valence-corrected chi connectivity index (χ0v) is 4.56. The van der Waals surface area contributed by atoms with E-state index in [4.69, 9.17) is 5.41 Å². The Labute approximate surface area is 47.3 Å². The van der Waals surface area contributed by atoms with Crippen molar-refractivity contribution in [2.45, 2.75) is 6.92 Å². The number of hydrogen-bond donors (Lipinski definition) is 1. The minimum atomic E-state index is -0.423. The van der Waals surface area contributed by atoms with Gasteiger partial charge in [-0.15, -0.1) is 0 Å². The second-order valence-electron chi connectivity index (χ2n) is 1.08. The van der Waals surface area contributed by atoms with E-state index in [9.17, 15) is 4.39 Å². The van der Waals surface area contributed by atoms with E-state index in [1.807, 2.05) is 0 Å². The summed E-state index contributed by atoms with van der Waals surface area (Å²) in [5.74, 6) is -0.423. The van der Waals surface area contributed by atoms with Gasteiger partial charge < -0.3 is 0 Å². The number of allylic oxidation sites excluding steroid dienone is 2. The maximum atomic E-state index is 11.9. The maximum absolute atomic E-state index is 11.9. The highest BCUT2D eigenvalue weighted by Gasteiger charge is 1.78. The van der Waals surface area contributed by atoms with Gasteiger partial charge in [-0.05, 0) is 6.92 Å². The number of halogens is 1. The van der Waals surface area contributed by atoms with E-state index in [2.05, 4.69) is 4.99 Å². The fraction of sp³-hybridized carbons (Fsp3) is 0.200. The van der Waals surface area contributed by atoms with Gasteiger partial charge in [0.2, 0.25) is 0 Å². The zero-order valence-electron chi connectivity index (χ0n) is 4.56. The van der Waals surface area contributed by atoms with Crippen molar-refractivity contribution in [1.82, 2.24) is 0 Å². The first-order valence-corrected chi connectivity index (χ1v) is 2.15. The average Bonchev–Trinajstić information content (AvgIpc) is 1.83. The van der Waals surface area contributed by atoms with Crippen molar-refractivity contribution >= 4 is 12.6 Å². The van der Waals surface area contributed by atoms with E-state index in [-0.39, 0.29) is 0 Å². The first-order chi connectivity index (χ1) is 3.81. The second-order valence-corrected chi connectivity index (χ2v) is 1.08. The third-order valence-electron chi connectivity index (χ3n) is 0.548. The van der Waals surface area contributed by atoms with Gasteiger partial charge in [0, 0.05) is 0 Å². The lowest BCUT2D eigenvalue weighted by atomic mass is 10.5. The molecule has 0 aliphatic rings. The number of nitrogens with one attached hydrogen (secondary N) is 1. The Bertz CT molecular complexity index is 126. The van der Waals surface area contributed by atoms with Crippen LogP contribution in [0.2, 0.25) is 0 Å². The molecule has 0 aromatic carbocycles. The second kappa shape index (κ2) is 4.18. The van der Waals surface area contributed by atoms with Gasteiger partial charge in [-0.2, -0.15) is 0 Å². The fourth-order valence-electron chi connectivity index (χ4n) is 0.183. The molecule has 0 saturated carbocycles. The molecule has 0 spiro atoms. The Balaban J connectivity index is 3.69. The molecule has 0 unspecified atom stereocenters. The van der Waals surface area contributed by atoms with Crippen molar-refractivity contribution < 1.29 is 4.39 Å². The van der Waals surface area contributed by atoms with E-state index in [1.165, 1.54) is 6.08 Å². The Kier molecular flexibility index (Phi) is 3.66. The summed E-state index contributed by atoms with van der Waals surface area (Å²) in [5, 5.41) is 6.35. The first-order valence-electron chi connectivity index (χ1n) is 2.15. The summed E-state index contributed by atoms with van der Waals surface area (Å²) in [6.07, 6.45) is 3.03. The Morgan fingerprint density at radius 2 is 2.38 bits per heavy atom. The molecule has 3 heteroatoms. The summed E-state index contributed by atoms with van der Waals surface area (Å²) in [6, 6.07) is 0. The molecule has 0 radical (unpaired) electrons. The van der Waals surface area contributed by atoms with Gasteiger partial charge in [0.25, 0.3) is 0 Å². The van der Waals surface area contributed by atoms with Gasteiger partial charge in [-0.3, -0.25) is 5.41 Å². The molecule has 1 N–H and O–H groups in total. The van der Waals surface area contributed by atoms with Crippen LogP contribution in [-0.4, -0.2) is 12.6 Å². The van der Waals surface area contributed by atoms with E-state index < -0.39 is 5.83 Å². The summed E-state index contributed by atoms with van der Waals surface area (Å²) in [6.45, 7) is 1.56. The summed E-state index contributed by atoms with van der Waals surface area (Å²) < 4.78 is 11.9. The van der Waals surface area contributed by atoms with Crippen molar-refractivity contribution in [2.24, 2.45) is 4.99 Å². The molecule has 0 rings (SSSR count). The van der Waals surface area contributed by atoms with Gasteiger partial charge in [0.15, 0.2) is 0 Å². The smallest absolute Gasteiger partial charge is 0.137 e. The van der Waals surface area contributed by atoms with Crippen LogP contribution in [0, 0.1) is 5.41 Å². The van der Waals surface area contributed by atoms with Crippen LogP contribution in [-0.2, 0) is 0 Å². The minimum Gasteiger partial charge on any atom is -0.290 e. The van der Waals surface area contributed by atoms with Crippen LogP contribution in [0.4, 0.5) is 4.39 Å². The third-order valence-corrected chi connectivity index (χ3v) is 0.548. The molecule has 0 fully saturated rings. The summed E-state index contributed by atoms with van der Waals surface area (Å²) in [7, 11) is 0. The standard InChI is InChI=1S/C5H7FN2/c1-2-5(6)3-8-4-7/h2-4,7H,1H3/b5-2+,7-4?,8-3?. The first kappa shape index (κ1) is 7.01. The summed E-state index contributed by atoms with van der Waals surface area (Å²) in [4.78, 5) is 3.22. The quantitative estimate of drug-likeness (QED) is 0.417. The van der Waals surface area contributed by atoms with Crippen molar-refractivity contribution in [1.29, 1.82) is 5.41 Å². The molecule has 0 amide bonds. The van der Waals surface area contributed by atoms with Gasteiger partial charge in [-0.25, -0.2) is 9.38 Å². The Morgan fingerprint density at radius 3 is 2.75 bits per heavy atom. The molecule has 0 aliphatic carbocycles. The molecule has 0 heterocycles. The molecule has 2 nitrogen and oxygen atoms in total. The van der Waals surface area contributed by atoms with E-state index in [0.717, 1.165) is 12.6 Å². The normalized spacial score (nSPS) is 12.5. The molecule has 8 heavy (non-hydrogen) atoms. The Hall–Kier alpha value is -0.990. The predicted molar refractivity (Wildman–Crippen MR) is 32.1 cm³/mol. The third kappa shape index (κ3) is 3.21. The lowest BCUT2D eigenvalue weighted by Gasteiger charge is -1.76. The van der Waals surface area contributed by atoms with Crippen LogP contribution in [0.1, 0.15) is 6.92 Å². The van der Waals surface area contributed by atoms with E-state index in [1.54, 1.807) is 6.92 Å². The van der Waals surface area contributed by atoms with Gasteiger partial charge in [0.05, 0.1) is 6.21 Å². The zero-order chi connectivity index (χ0) is 6.41. The van der Waals surface area contributed by atoms with E-state index >= 15 is 0 Å². The molecular weight excluding hydrogens is 107 g/mol. The van der Waals surface area contributed by atoms with Crippen molar-refractivity contribution in [3.05, 3.63) is 11.9 Å². The summed E-state index contributed by atoms with van der Waals surface area (Å²) >= 11 is 0. The molecule has 0 saturated heterocycles. The summed E-state index contributed by atoms with van der Waals surface area (Å²) in [5.41, 5.74) is 0. The number of rotatable bonds is 2. The van der Waals surface area contributed by atoms with Crippen LogP contribution in [0.5, 0.6) is 0 Å². The SMILES string of the molecule is C/C=C(/F)C=NC=N. The topological polar surface area (TPSA) is 36.2 Å². The van der Waals surface area contributed by atoms with Gasteiger partial charge >= 0.3 is 0 Å². The van der Waals surface area contributed by atoms with Crippen LogP contribution >= 0.6 is 0 Å². The number of nitrogens with zero attached hydrogens (tertiary/aromatic N) is 1. The van der Waals surface area contributed by atoms with Crippen LogP contribution < -0.4 is 0 Å². The van der Waals surface area contributed by atoms with Gasteiger partial charge in [-0.1, -0.05) is 6.08 Å². The Morgan fingerprint density at radius 1 is 1.75 bits per heavy atom. The van der Waals surface area contributed by atoms with Crippen molar-refractivity contribution in [2.75, 3.05) is 0 Å². The minimum absolute atomic E-state index is 0.423. The largest absolute Gasteiger partial charge is 0.290 e. The molecule has 0 atom stereocenters. The molecule has 44 valence electrons. The number of hydrogen-bond acceptors (Lipinski definition) is 1. The van der Waals surface area contributed by atoms with Crippen molar-refractivity contribution in [3.8, 4) is 0 Å². The molecule has 0 aromatic heterocycles. The van der Waals surface area contributed by atoms with Crippen molar-refractivity contribution in [3.63, 3.8) is 0 Å². The molecule has 0 bridgehead atoms. The molecular formula is C5H7FN2. The lowest BCUT2D eigenvalue weighted by molar-refractivity contribution is 0.684. The van der Waals surface area contributed by atoms with Crippen LogP contribution in [0.25, 0.3) is 0 Å². The fourth-order valence-corrected chi connectivity index (χ4v) is 0.183. The molecule has 0 aliphatic heterocycles. The van der Waals surface area contributed by atoms with Crippen LogP contribution in [0.3, 0.4) is 0 Å². The monoisotopic (exact) mass is 114 g/mol. The number of aliphatic imine (C=N–C) groups is 1. The predicted octanol–water partition coefficient (Wildman–Crippen LogP) is 1.54. The van der Waals surface area contributed by atoms with Gasteiger partial charge in [0.1, 0.15) is 12.2 Å². The lowest BCUT2D eigenvalue weighted by Crippen LogP contribution is -1.72. The van der Waals surface area contributed by atoms with E-state index in [0.29, 0.717) is 0 Å².